The normalized spacial score (nSPS) is 11.5. The van der Waals surface area contributed by atoms with Crippen LogP contribution in [0.25, 0.3) is 117 Å². The number of hydrogen-bond acceptors (Lipinski definition) is 5. The van der Waals surface area contributed by atoms with Crippen molar-refractivity contribution < 1.29 is 4.42 Å². The third-order valence-electron chi connectivity index (χ3n) is 11.7. The molecule has 4 aromatic heterocycles. The van der Waals surface area contributed by atoms with Crippen LogP contribution in [0.3, 0.4) is 0 Å². The highest BCUT2D eigenvalue weighted by atomic mass is 16.3. The molecular weight excluding hydrogens is 759 g/mol. The summed E-state index contributed by atoms with van der Waals surface area (Å²) in [6.07, 6.45) is 1.95. The van der Waals surface area contributed by atoms with E-state index >= 15 is 0 Å². The Bertz CT molecular complexity index is 3560. The number of aromatic nitrogens is 5. The van der Waals surface area contributed by atoms with Crippen molar-refractivity contribution in [2.45, 2.75) is 0 Å². The first kappa shape index (κ1) is 35.5. The van der Waals surface area contributed by atoms with Crippen LogP contribution in [-0.4, -0.2) is 24.5 Å². The molecule has 6 nitrogen and oxygen atoms in total. The molecule has 0 amide bonds. The van der Waals surface area contributed by atoms with Crippen LogP contribution in [0.5, 0.6) is 0 Å². The minimum absolute atomic E-state index is 0.529. The average molecular weight is 794 g/mol. The molecule has 0 saturated carbocycles. The second kappa shape index (κ2) is 14.7. The van der Waals surface area contributed by atoms with Crippen molar-refractivity contribution in [2.75, 3.05) is 0 Å². The Hall–Kier alpha value is -8.48. The second-order valence-corrected chi connectivity index (χ2v) is 15.4. The minimum atomic E-state index is 0.529. The molecule has 0 unspecified atom stereocenters. The van der Waals surface area contributed by atoms with Gasteiger partial charge in [0.25, 0.3) is 0 Å². The van der Waals surface area contributed by atoms with Gasteiger partial charge in [0, 0.05) is 61.2 Å². The monoisotopic (exact) mass is 793 g/mol. The third kappa shape index (κ3) is 6.04. The van der Waals surface area contributed by atoms with Crippen LogP contribution in [0.1, 0.15) is 0 Å². The topological polar surface area (TPSA) is 69.6 Å². The van der Waals surface area contributed by atoms with Gasteiger partial charge in [-0.05, 0) is 71.3 Å². The highest BCUT2D eigenvalue weighted by Gasteiger charge is 2.22. The Balaban J connectivity index is 1.08. The van der Waals surface area contributed by atoms with E-state index in [1.807, 2.05) is 72.9 Å². The van der Waals surface area contributed by atoms with Gasteiger partial charge >= 0.3 is 0 Å². The van der Waals surface area contributed by atoms with Gasteiger partial charge in [-0.1, -0.05) is 152 Å². The minimum Gasteiger partial charge on any atom is -0.456 e. The van der Waals surface area contributed by atoms with Gasteiger partial charge in [-0.15, -0.1) is 0 Å². The predicted molar refractivity (Wildman–Crippen MR) is 252 cm³/mol. The van der Waals surface area contributed by atoms with Crippen LogP contribution < -0.4 is 0 Å². The lowest BCUT2D eigenvalue weighted by molar-refractivity contribution is 0.669. The second-order valence-electron chi connectivity index (χ2n) is 15.4. The molecule has 290 valence electrons. The Morgan fingerprint density at radius 3 is 1.66 bits per heavy atom. The fourth-order valence-corrected chi connectivity index (χ4v) is 8.79. The van der Waals surface area contributed by atoms with Gasteiger partial charge in [0.05, 0.1) is 16.7 Å². The van der Waals surface area contributed by atoms with Crippen LogP contribution in [0.15, 0.2) is 217 Å². The smallest absolute Gasteiger partial charge is 0.166 e. The van der Waals surface area contributed by atoms with E-state index in [1.165, 1.54) is 10.8 Å². The zero-order valence-electron chi connectivity index (χ0n) is 33.4. The molecule has 62 heavy (non-hydrogen) atoms. The van der Waals surface area contributed by atoms with E-state index in [9.17, 15) is 0 Å². The third-order valence-corrected chi connectivity index (χ3v) is 11.7. The molecule has 0 bridgehead atoms. The quantitative estimate of drug-likeness (QED) is 0.161. The first-order valence-electron chi connectivity index (χ1n) is 20.7. The van der Waals surface area contributed by atoms with Gasteiger partial charge in [-0.2, -0.15) is 0 Å². The molecule has 8 aromatic carbocycles. The lowest BCUT2D eigenvalue weighted by Gasteiger charge is -2.14. The van der Waals surface area contributed by atoms with Crippen molar-refractivity contribution in [3.63, 3.8) is 0 Å². The van der Waals surface area contributed by atoms with Gasteiger partial charge in [-0.3, -0.25) is 4.98 Å². The zero-order valence-corrected chi connectivity index (χ0v) is 33.4. The number of fused-ring (bicyclic) bond motifs is 7. The van der Waals surface area contributed by atoms with E-state index in [4.69, 9.17) is 24.4 Å². The molecule has 0 radical (unpaired) electrons. The van der Waals surface area contributed by atoms with Gasteiger partial charge in [0.1, 0.15) is 11.2 Å². The zero-order chi connectivity index (χ0) is 41.0. The highest BCUT2D eigenvalue weighted by molar-refractivity contribution is 6.27. The Morgan fingerprint density at radius 2 is 0.952 bits per heavy atom. The molecule has 0 spiro atoms. The number of para-hydroxylation sites is 2. The summed E-state index contributed by atoms with van der Waals surface area (Å²) < 4.78 is 9.10. The molecule has 12 aromatic rings. The fraction of sp³-hybridized carbons (Fsp3) is 0. The number of furan rings is 1. The first-order valence-corrected chi connectivity index (χ1v) is 20.7. The van der Waals surface area contributed by atoms with E-state index in [-0.39, 0.29) is 0 Å². The molecule has 6 heteroatoms. The van der Waals surface area contributed by atoms with Crippen molar-refractivity contribution in [1.82, 2.24) is 24.5 Å². The van der Waals surface area contributed by atoms with Crippen LogP contribution in [0.2, 0.25) is 0 Å². The summed E-state index contributed by atoms with van der Waals surface area (Å²) in [6.45, 7) is 0. The van der Waals surface area contributed by atoms with Crippen molar-refractivity contribution in [3.05, 3.63) is 212 Å². The predicted octanol–water partition coefficient (Wildman–Crippen LogP) is 14.3. The number of benzene rings is 8. The number of rotatable bonds is 7. The molecular formula is C56H35N5O. The number of nitrogens with zero attached hydrogens (tertiary/aromatic N) is 5. The maximum atomic E-state index is 6.76. The SMILES string of the molecule is c1ccc(-c2cccc(-c3cnc(-c4ccc5c(c4)oc4ccc6c(c7ccccc7n6-c6ccccc6)c45)c(-c4nc(-c5ccccc5)nc(-c5ccccc5)n4)c3)c2)cc1. The molecule has 4 heterocycles. The van der Waals surface area contributed by atoms with Crippen molar-refractivity contribution in [2.24, 2.45) is 0 Å². The first-order chi connectivity index (χ1) is 30.7. The standard InChI is InChI=1S/C56H35N5O/c1-5-16-36(17-6-1)39-22-15-23-40(32-39)42-33-46(56-59-54(37-18-7-2-8-19-37)58-55(60-56)38-20-9-3-10-21-38)53(57-35-42)41-28-29-45-50(34-41)62-49-31-30-48-51(52(45)49)44-26-13-14-27-47(44)61(48)43-24-11-4-12-25-43/h1-35H. The largest absolute Gasteiger partial charge is 0.456 e. The molecule has 0 aliphatic carbocycles. The fourth-order valence-electron chi connectivity index (χ4n) is 8.79. The Kier molecular flexibility index (Phi) is 8.38. The molecule has 0 aliphatic heterocycles. The van der Waals surface area contributed by atoms with Gasteiger partial charge in [0.2, 0.25) is 0 Å². The van der Waals surface area contributed by atoms with Crippen LogP contribution in [0.4, 0.5) is 0 Å². The van der Waals surface area contributed by atoms with Gasteiger partial charge < -0.3 is 8.98 Å². The van der Waals surface area contributed by atoms with E-state index in [0.29, 0.717) is 17.5 Å². The van der Waals surface area contributed by atoms with Crippen molar-refractivity contribution >= 4 is 43.7 Å². The molecule has 0 atom stereocenters. The Labute approximate surface area is 357 Å². The summed E-state index contributed by atoms with van der Waals surface area (Å²) in [6, 6.07) is 71.2. The van der Waals surface area contributed by atoms with Gasteiger partial charge in [0.15, 0.2) is 17.5 Å². The van der Waals surface area contributed by atoms with Crippen LogP contribution >= 0.6 is 0 Å². The summed E-state index contributed by atoms with van der Waals surface area (Å²) in [4.78, 5) is 20.6. The lowest BCUT2D eigenvalue weighted by atomic mass is 9.96. The summed E-state index contributed by atoms with van der Waals surface area (Å²) in [5.41, 5.74) is 13.5. The molecule has 0 fully saturated rings. The van der Waals surface area contributed by atoms with Crippen molar-refractivity contribution in [3.8, 4) is 73.4 Å². The summed E-state index contributed by atoms with van der Waals surface area (Å²) in [5, 5.41) is 4.48. The molecule has 12 rings (SSSR count). The maximum absolute atomic E-state index is 6.76. The highest BCUT2D eigenvalue weighted by Crippen LogP contribution is 2.43. The van der Waals surface area contributed by atoms with E-state index in [0.717, 1.165) is 88.9 Å². The maximum Gasteiger partial charge on any atom is 0.166 e. The molecule has 0 N–H and O–H groups in total. The van der Waals surface area contributed by atoms with Crippen LogP contribution in [0, 0.1) is 0 Å². The van der Waals surface area contributed by atoms with E-state index < -0.39 is 0 Å². The average Bonchev–Trinajstić information content (AvgIpc) is 3.90. The lowest BCUT2D eigenvalue weighted by Crippen LogP contribution is -2.02. The van der Waals surface area contributed by atoms with Gasteiger partial charge in [-0.25, -0.2) is 15.0 Å². The summed E-state index contributed by atoms with van der Waals surface area (Å²) in [7, 11) is 0. The molecule has 0 saturated heterocycles. The van der Waals surface area contributed by atoms with Crippen LogP contribution in [-0.2, 0) is 0 Å². The van der Waals surface area contributed by atoms with Crippen molar-refractivity contribution in [1.29, 1.82) is 0 Å². The number of pyridine rings is 1. The summed E-state index contributed by atoms with van der Waals surface area (Å²) >= 11 is 0. The number of hydrogen-bond donors (Lipinski definition) is 0. The molecule has 0 aliphatic rings. The van der Waals surface area contributed by atoms with E-state index in [1.54, 1.807) is 0 Å². The summed E-state index contributed by atoms with van der Waals surface area (Å²) in [5.74, 6) is 1.70. The Morgan fingerprint density at radius 1 is 0.355 bits per heavy atom. The van der Waals surface area contributed by atoms with E-state index in [2.05, 4.69) is 144 Å².